The Balaban J connectivity index is 1.30. The van der Waals surface area contributed by atoms with E-state index < -0.39 is 6.10 Å². The maximum absolute atomic E-state index is 9.91. The Labute approximate surface area is 139 Å². The molecule has 5 nitrogen and oxygen atoms in total. The van der Waals surface area contributed by atoms with E-state index >= 15 is 0 Å². The number of aliphatic hydroxyl groups excluding tert-OH is 1. The van der Waals surface area contributed by atoms with Gasteiger partial charge in [-0.2, -0.15) is 0 Å². The number of rotatable bonds is 8. The highest BCUT2D eigenvalue weighted by Crippen LogP contribution is 2.30. The van der Waals surface area contributed by atoms with E-state index in [2.05, 4.69) is 5.32 Å². The van der Waals surface area contributed by atoms with Gasteiger partial charge in [0.15, 0.2) is 11.5 Å². The molecule has 0 bridgehead atoms. The van der Waals surface area contributed by atoms with Gasteiger partial charge >= 0.3 is 0 Å². The van der Waals surface area contributed by atoms with Crippen LogP contribution in [0.5, 0.6) is 11.5 Å². The summed E-state index contributed by atoms with van der Waals surface area (Å²) in [7, 11) is 0. The van der Waals surface area contributed by atoms with Crippen molar-refractivity contribution in [2.24, 2.45) is 0 Å². The van der Waals surface area contributed by atoms with Gasteiger partial charge in [-0.3, -0.25) is 0 Å². The van der Waals surface area contributed by atoms with Gasteiger partial charge in [0.25, 0.3) is 0 Å². The minimum absolute atomic E-state index is 0.0517. The Kier molecular flexibility index (Phi) is 5.87. The highest BCUT2D eigenvalue weighted by Gasteiger charge is 2.20. The van der Waals surface area contributed by atoms with Gasteiger partial charge in [0.2, 0.25) is 0 Å². The van der Waals surface area contributed by atoms with Crippen LogP contribution in [0.25, 0.3) is 0 Å². The van der Waals surface area contributed by atoms with E-state index in [9.17, 15) is 5.11 Å². The first-order valence-corrected chi connectivity index (χ1v) is 8.56. The first-order chi connectivity index (χ1) is 11.3. The molecule has 0 aliphatic carbocycles. The summed E-state index contributed by atoms with van der Waals surface area (Å²) < 4.78 is 17.0. The molecule has 2 aromatic rings. The van der Waals surface area contributed by atoms with Gasteiger partial charge in [0.05, 0.1) is 19.3 Å². The molecule has 2 atom stereocenters. The lowest BCUT2D eigenvalue weighted by atomic mass is 10.2. The van der Waals surface area contributed by atoms with Gasteiger partial charge in [-0.1, -0.05) is 18.2 Å². The van der Waals surface area contributed by atoms with Crippen LogP contribution in [-0.2, 0) is 11.3 Å². The second kappa shape index (κ2) is 8.31. The van der Waals surface area contributed by atoms with Crippen molar-refractivity contribution >= 4 is 11.3 Å². The molecule has 1 aliphatic heterocycles. The Bertz CT molecular complexity index is 590. The third-order valence-electron chi connectivity index (χ3n) is 3.45. The molecule has 2 N–H and O–H groups in total. The summed E-state index contributed by atoms with van der Waals surface area (Å²) in [6.07, 6.45) is -0.587. The molecule has 0 saturated carbocycles. The smallest absolute Gasteiger partial charge is 0.161 e. The van der Waals surface area contributed by atoms with Crippen molar-refractivity contribution in [2.75, 3.05) is 26.3 Å². The van der Waals surface area contributed by atoms with Crippen molar-refractivity contribution in [3.63, 3.8) is 0 Å². The number of para-hydroxylation sites is 2. The monoisotopic (exact) mass is 335 g/mol. The zero-order valence-electron chi connectivity index (χ0n) is 12.8. The summed E-state index contributed by atoms with van der Waals surface area (Å²) >= 11 is 1.65. The van der Waals surface area contributed by atoms with E-state index in [1.54, 1.807) is 11.3 Å². The van der Waals surface area contributed by atoms with Crippen LogP contribution in [0.2, 0.25) is 0 Å². The fourth-order valence-corrected chi connectivity index (χ4v) is 2.96. The van der Waals surface area contributed by atoms with Crippen LogP contribution in [0.3, 0.4) is 0 Å². The lowest BCUT2D eigenvalue weighted by molar-refractivity contribution is 0.0268. The van der Waals surface area contributed by atoms with Crippen LogP contribution < -0.4 is 14.8 Å². The Morgan fingerprint density at radius 1 is 1.26 bits per heavy atom. The largest absolute Gasteiger partial charge is 0.486 e. The van der Waals surface area contributed by atoms with Crippen LogP contribution in [0, 0.1) is 0 Å². The van der Waals surface area contributed by atoms with Crippen LogP contribution in [-0.4, -0.2) is 43.6 Å². The standard InChI is InChI=1S/C17H21NO4S/c19-13(10-20-12-15-4-3-7-23-15)8-18-9-14-11-21-16-5-1-2-6-17(16)22-14/h1-7,13-14,18-19H,8-12H2/t13-,14+/m1/s1. The summed E-state index contributed by atoms with van der Waals surface area (Å²) in [4.78, 5) is 1.16. The normalized spacial score (nSPS) is 17.9. The molecule has 0 saturated heterocycles. The molecule has 1 aliphatic rings. The molecular formula is C17H21NO4S. The number of ether oxygens (including phenoxy) is 3. The third kappa shape index (κ3) is 4.94. The van der Waals surface area contributed by atoms with Gasteiger partial charge in [0, 0.05) is 18.0 Å². The van der Waals surface area contributed by atoms with Crippen molar-refractivity contribution in [3.8, 4) is 11.5 Å². The van der Waals surface area contributed by atoms with Crippen molar-refractivity contribution < 1.29 is 19.3 Å². The maximum atomic E-state index is 9.91. The summed E-state index contributed by atoms with van der Waals surface area (Å²) in [5, 5.41) is 15.1. The van der Waals surface area contributed by atoms with E-state index in [0.717, 1.165) is 16.4 Å². The number of thiophene rings is 1. The quantitative estimate of drug-likeness (QED) is 0.773. The van der Waals surface area contributed by atoms with Crippen molar-refractivity contribution in [1.82, 2.24) is 5.32 Å². The van der Waals surface area contributed by atoms with Crippen molar-refractivity contribution in [3.05, 3.63) is 46.7 Å². The number of hydrogen-bond acceptors (Lipinski definition) is 6. The predicted octanol–water partition coefficient (Wildman–Crippen LogP) is 2.06. The molecule has 0 spiro atoms. The molecule has 0 amide bonds. The summed E-state index contributed by atoms with van der Waals surface area (Å²) in [5.41, 5.74) is 0. The second-order valence-electron chi connectivity index (χ2n) is 5.40. The number of nitrogens with one attached hydrogen (secondary N) is 1. The van der Waals surface area contributed by atoms with E-state index in [4.69, 9.17) is 14.2 Å². The van der Waals surface area contributed by atoms with Gasteiger partial charge in [-0.05, 0) is 23.6 Å². The first kappa shape index (κ1) is 16.3. The van der Waals surface area contributed by atoms with Crippen LogP contribution in [0.1, 0.15) is 4.88 Å². The number of aliphatic hydroxyl groups is 1. The Morgan fingerprint density at radius 2 is 2.13 bits per heavy atom. The molecule has 3 rings (SSSR count). The summed E-state index contributed by atoms with van der Waals surface area (Å²) in [5.74, 6) is 1.55. The average molecular weight is 335 g/mol. The van der Waals surface area contributed by atoms with Gasteiger partial charge < -0.3 is 24.6 Å². The highest BCUT2D eigenvalue weighted by molar-refractivity contribution is 7.09. The molecule has 0 fully saturated rings. The molecule has 1 aromatic heterocycles. The Hall–Kier alpha value is -1.60. The molecule has 23 heavy (non-hydrogen) atoms. The highest BCUT2D eigenvalue weighted by atomic mass is 32.1. The number of benzene rings is 1. The molecule has 6 heteroatoms. The molecule has 2 heterocycles. The van der Waals surface area contributed by atoms with Gasteiger partial charge in [-0.15, -0.1) is 11.3 Å². The Morgan fingerprint density at radius 3 is 2.96 bits per heavy atom. The topological polar surface area (TPSA) is 60.0 Å². The van der Waals surface area contributed by atoms with E-state index in [1.807, 2.05) is 41.8 Å². The third-order valence-corrected chi connectivity index (χ3v) is 4.30. The van der Waals surface area contributed by atoms with Crippen molar-refractivity contribution in [2.45, 2.75) is 18.8 Å². The van der Waals surface area contributed by atoms with Gasteiger partial charge in [-0.25, -0.2) is 0 Å². The van der Waals surface area contributed by atoms with Gasteiger partial charge in [0.1, 0.15) is 12.7 Å². The van der Waals surface area contributed by atoms with Crippen LogP contribution in [0.15, 0.2) is 41.8 Å². The molecule has 124 valence electrons. The number of fused-ring (bicyclic) bond motifs is 1. The summed E-state index contributed by atoms with van der Waals surface area (Å²) in [6, 6.07) is 11.7. The SMILES string of the molecule is O[C@H](CNC[C@H]1COc2ccccc2O1)COCc1cccs1. The van der Waals surface area contributed by atoms with Crippen molar-refractivity contribution in [1.29, 1.82) is 0 Å². The number of hydrogen-bond donors (Lipinski definition) is 2. The molecular weight excluding hydrogens is 314 g/mol. The first-order valence-electron chi connectivity index (χ1n) is 7.68. The fourth-order valence-electron chi connectivity index (χ4n) is 2.32. The molecule has 0 radical (unpaired) electrons. The van der Waals surface area contributed by atoms with E-state index in [1.165, 1.54) is 0 Å². The maximum Gasteiger partial charge on any atom is 0.161 e. The zero-order chi connectivity index (χ0) is 15.9. The molecule has 0 unspecified atom stereocenters. The lowest BCUT2D eigenvalue weighted by Crippen LogP contribution is -2.41. The lowest BCUT2D eigenvalue weighted by Gasteiger charge is -2.26. The minimum atomic E-state index is -0.535. The minimum Gasteiger partial charge on any atom is -0.486 e. The summed E-state index contributed by atoms with van der Waals surface area (Å²) in [6.45, 7) is 2.46. The average Bonchev–Trinajstić information content (AvgIpc) is 3.08. The predicted molar refractivity (Wildman–Crippen MR) is 89.2 cm³/mol. The fraction of sp³-hybridized carbons (Fsp3) is 0.412. The van der Waals surface area contributed by atoms with Crippen LogP contribution in [0.4, 0.5) is 0 Å². The van der Waals surface area contributed by atoms with Crippen LogP contribution >= 0.6 is 11.3 Å². The molecule has 1 aromatic carbocycles. The van der Waals surface area contributed by atoms with E-state index in [0.29, 0.717) is 32.9 Å². The second-order valence-corrected chi connectivity index (χ2v) is 6.44. The van der Waals surface area contributed by atoms with E-state index in [-0.39, 0.29) is 6.10 Å². The zero-order valence-corrected chi connectivity index (χ0v) is 13.6.